The van der Waals surface area contributed by atoms with Crippen molar-refractivity contribution in [1.82, 2.24) is 45.3 Å². The Kier molecular flexibility index (Phi) is 35.1. The van der Waals surface area contributed by atoms with Gasteiger partial charge in [0.1, 0.15) is 58.1 Å². The Morgan fingerprint density at radius 3 is 1.91 bits per heavy atom. The van der Waals surface area contributed by atoms with Gasteiger partial charge in [0.05, 0.1) is 54.7 Å². The van der Waals surface area contributed by atoms with E-state index in [-0.39, 0.29) is 54.3 Å². The summed E-state index contributed by atoms with van der Waals surface area (Å²) in [5.41, 5.74) is 4.17. The van der Waals surface area contributed by atoms with Gasteiger partial charge in [-0.2, -0.15) is 0 Å². The number of benzene rings is 2. The van der Waals surface area contributed by atoms with E-state index in [9.17, 15) is 38.7 Å². The summed E-state index contributed by atoms with van der Waals surface area (Å²) in [7, 11) is 8.91. The molecule has 9 rings (SSSR count). The van der Waals surface area contributed by atoms with Gasteiger partial charge in [-0.1, -0.05) is 134 Å². The Labute approximate surface area is 689 Å². The van der Waals surface area contributed by atoms with Gasteiger partial charge in [0.15, 0.2) is 5.72 Å². The van der Waals surface area contributed by atoms with Gasteiger partial charge >= 0.3 is 12.1 Å². The second-order valence-electron chi connectivity index (χ2n) is 29.9. The maximum atomic E-state index is 14.5. The van der Waals surface area contributed by atoms with E-state index < -0.39 is 65.7 Å². The lowest BCUT2D eigenvalue weighted by Crippen LogP contribution is -2.63. The number of rotatable bonds is 40. The predicted octanol–water partition coefficient (Wildman–Crippen LogP) is 13.7. The number of likely N-dealkylation sites (N-methyl/N-ethyl adjacent to an activating group) is 1. The fraction of sp³-hybridized carbons (Fsp3) is 0.500. The molecular formula is C86H113ClN12O14S2. The average molecular weight is 1640 g/mol. The number of epoxide rings is 1. The number of amides is 6. The Hall–Kier alpha value is -9.00. The van der Waals surface area contributed by atoms with Gasteiger partial charge in [0, 0.05) is 129 Å². The summed E-state index contributed by atoms with van der Waals surface area (Å²) in [6.45, 7) is 14.9. The zero-order valence-corrected chi connectivity index (χ0v) is 70.3. The number of nitrogens with zero attached hydrogens (tertiary/aromatic N) is 8. The SMILES string of the molecule is CCCCCC(=O)Nc1cccc(CN(Cc2cc(CN(Cc3ccccn3)Cc3cccc(NC(=O)CCCCC)n3)cc(OCCCCNC(=O)CCSSCCC(=O)N(C)[C@H](C)C(=O)OC3CC(=O)N(C)c4cc(cc(OC)c4Cl)C/C(C)=C/C=C/[C@H](OC)[C@]4(O)CC(OC(=O)N4)[C@H](C)C4O[C@]34C)c2)Cc2ccccn2)n1. The summed E-state index contributed by atoms with van der Waals surface area (Å²) >= 11 is 6.89. The molecule has 2 aromatic carbocycles. The van der Waals surface area contributed by atoms with Crippen molar-refractivity contribution in [3.05, 3.63) is 184 Å². The van der Waals surface area contributed by atoms with Crippen LogP contribution in [0.1, 0.15) is 171 Å². The largest absolute Gasteiger partial charge is 0.495 e. The van der Waals surface area contributed by atoms with Gasteiger partial charge in [-0.05, 0) is 142 Å². The number of carbonyl (C=O) groups excluding carboxylic acids is 7. The number of allylic oxidation sites excluding steroid dienone is 3. The summed E-state index contributed by atoms with van der Waals surface area (Å²) in [5.74, 6) is 0.530. The molecule has 6 amide bonds. The Morgan fingerprint density at radius 2 is 1.34 bits per heavy atom. The summed E-state index contributed by atoms with van der Waals surface area (Å²) in [6.07, 6.45) is 12.2. The van der Waals surface area contributed by atoms with Crippen LogP contribution in [0.3, 0.4) is 0 Å². The van der Waals surface area contributed by atoms with Gasteiger partial charge in [-0.15, -0.1) is 0 Å². The number of anilines is 3. The van der Waals surface area contributed by atoms with Crippen molar-refractivity contribution in [3.63, 3.8) is 0 Å². The molecule has 2 fully saturated rings. The topological polar surface area (TPSA) is 311 Å². The number of ether oxygens (including phenoxy) is 6. The zero-order valence-electron chi connectivity index (χ0n) is 67.9. The second kappa shape index (κ2) is 44.9. The van der Waals surface area contributed by atoms with Crippen LogP contribution in [0.2, 0.25) is 5.02 Å². The van der Waals surface area contributed by atoms with Crippen molar-refractivity contribution in [2.24, 2.45) is 5.92 Å². The molecule has 8 atom stereocenters. The van der Waals surface area contributed by atoms with E-state index in [1.54, 1.807) is 64.5 Å². The standard InChI is InChI=1S/C86H113ClN12O14S2/c1-11-13-15-34-77(101)93-74-32-24-29-66(91-74)56-98(54-64-27-17-19-38-88-64)52-62-45-63(53-99(55-65-28-18-20-39-89-65)57-67-30-25-33-75(92-67)94-78(102)35-16-14-12-2)47-68(46-62)110-41-22-21-40-90-76(100)36-42-114-115-43-37-79(103)96(7)60(5)83(105)112-73-50-80(104)97(8)69-48-61(49-70(108-9)81(69)87)44-58(3)26-23-31-72(109-10)86(107)51-71(111-84(106)95-86)59(4)82-85(73,6)113-82/h17-20,23-33,38-39,45-49,59-60,71-73,82,107H,11-16,21-22,34-37,40-44,50-57H2,1-10H3,(H,90,100)(H,95,106)(H,91,93,101)(H,92,94,102)/b31-23+,58-26+/t59-,60+,71?,72-,73?,82?,85+,86+/m0/s1. The minimum absolute atomic E-state index is 0.0613. The number of aliphatic hydroxyl groups is 1. The van der Waals surface area contributed by atoms with Crippen LogP contribution in [-0.4, -0.2) is 176 Å². The first-order valence-electron chi connectivity index (χ1n) is 39.7. The van der Waals surface area contributed by atoms with Gasteiger partial charge in [0.25, 0.3) is 0 Å². The van der Waals surface area contributed by atoms with Crippen molar-refractivity contribution in [2.45, 2.75) is 219 Å². The minimum atomic E-state index is -1.88. The normalized spacial score (nSPS) is 20.5. The highest BCUT2D eigenvalue weighted by Gasteiger charge is 2.64. The molecule has 26 nitrogen and oxygen atoms in total. The van der Waals surface area contributed by atoms with Crippen LogP contribution in [0.15, 0.2) is 139 Å². The second-order valence-corrected chi connectivity index (χ2v) is 33.0. The fourth-order valence-corrected chi connectivity index (χ4v) is 16.3. The van der Waals surface area contributed by atoms with Crippen molar-refractivity contribution in [1.29, 1.82) is 0 Å². The lowest BCUT2D eigenvalue weighted by atomic mass is 9.83. The maximum Gasteiger partial charge on any atom is 0.409 e. The number of methoxy groups -OCH3 is 2. The van der Waals surface area contributed by atoms with E-state index >= 15 is 0 Å². The quantitative estimate of drug-likeness (QED) is 0.0103. The summed E-state index contributed by atoms with van der Waals surface area (Å²) in [6, 6.07) is 31.9. The Bertz CT molecular complexity index is 4150. The first-order valence-corrected chi connectivity index (χ1v) is 42.6. The third-order valence-electron chi connectivity index (χ3n) is 20.6. The molecule has 0 aliphatic carbocycles. The molecule has 7 heterocycles. The lowest BCUT2D eigenvalue weighted by molar-refractivity contribution is -0.162. The molecule has 4 aromatic heterocycles. The summed E-state index contributed by atoms with van der Waals surface area (Å²) in [4.78, 5) is 121. The van der Waals surface area contributed by atoms with Crippen molar-refractivity contribution >= 4 is 92.1 Å². The molecule has 2 saturated heterocycles. The van der Waals surface area contributed by atoms with Crippen LogP contribution < -0.4 is 35.6 Å². The third kappa shape index (κ3) is 27.8. The Morgan fingerprint density at radius 1 is 0.748 bits per heavy atom. The van der Waals surface area contributed by atoms with E-state index in [0.717, 1.165) is 83.6 Å². The Balaban J connectivity index is 0.789. The molecule has 620 valence electrons. The molecule has 3 aliphatic heterocycles. The maximum absolute atomic E-state index is 14.5. The van der Waals surface area contributed by atoms with E-state index in [2.05, 4.69) is 63.1 Å². The number of halogens is 1. The molecule has 0 saturated carbocycles. The van der Waals surface area contributed by atoms with E-state index in [1.165, 1.54) is 52.7 Å². The highest BCUT2D eigenvalue weighted by Crippen LogP contribution is 2.49. The van der Waals surface area contributed by atoms with Crippen LogP contribution in [0.25, 0.3) is 0 Å². The monoisotopic (exact) mass is 1640 g/mol. The number of alkyl carbamates (subject to hydrolysis) is 1. The van der Waals surface area contributed by atoms with Crippen molar-refractivity contribution < 1.29 is 67.1 Å². The number of aromatic nitrogens is 4. The van der Waals surface area contributed by atoms with Gasteiger partial charge < -0.3 is 59.3 Å². The van der Waals surface area contributed by atoms with Crippen LogP contribution in [0, 0.1) is 5.92 Å². The summed E-state index contributed by atoms with van der Waals surface area (Å²) < 4.78 is 36.4. The molecule has 4 bridgehead atoms. The third-order valence-corrected chi connectivity index (χ3v) is 23.4. The van der Waals surface area contributed by atoms with Crippen LogP contribution in [0.4, 0.5) is 22.1 Å². The number of carbonyl (C=O) groups is 7. The predicted molar refractivity (Wildman–Crippen MR) is 448 cm³/mol. The number of pyridine rings is 4. The molecular weight excluding hydrogens is 1520 g/mol. The molecule has 0 spiro atoms. The van der Waals surface area contributed by atoms with Gasteiger partial charge in [0.2, 0.25) is 29.5 Å². The van der Waals surface area contributed by atoms with E-state index in [1.807, 2.05) is 85.8 Å². The van der Waals surface area contributed by atoms with Crippen molar-refractivity contribution in [2.75, 3.05) is 68.5 Å². The molecule has 115 heavy (non-hydrogen) atoms. The first kappa shape index (κ1) is 89.9. The van der Waals surface area contributed by atoms with E-state index in [4.69, 9.17) is 60.0 Å². The average Bonchev–Trinajstić information content (AvgIpc) is 1.57. The first-order chi connectivity index (χ1) is 55.3. The zero-order chi connectivity index (χ0) is 82.4. The van der Waals surface area contributed by atoms with Crippen LogP contribution in [-0.2, 0) is 93.4 Å². The van der Waals surface area contributed by atoms with Crippen molar-refractivity contribution in [3.8, 4) is 11.5 Å². The van der Waals surface area contributed by atoms with Crippen LogP contribution in [0.5, 0.6) is 11.5 Å². The molecule has 3 unspecified atom stereocenters. The number of fused-ring (bicyclic) bond motifs is 5. The number of unbranched alkanes of at least 4 members (excludes halogenated alkanes) is 5. The number of esters is 1. The van der Waals surface area contributed by atoms with Crippen LogP contribution >= 0.6 is 33.2 Å². The molecule has 0 radical (unpaired) electrons. The molecule has 3 aliphatic rings. The number of hydrogen-bond acceptors (Lipinski definition) is 22. The van der Waals surface area contributed by atoms with Gasteiger partial charge in [-0.3, -0.25) is 49.1 Å². The fourth-order valence-electron chi connectivity index (χ4n) is 14.0. The molecule has 6 aromatic rings. The highest BCUT2D eigenvalue weighted by molar-refractivity contribution is 8.76. The summed E-state index contributed by atoms with van der Waals surface area (Å²) in [5, 5.41) is 23.7. The smallest absolute Gasteiger partial charge is 0.409 e. The number of nitrogens with one attached hydrogen (secondary N) is 4. The highest BCUT2D eigenvalue weighted by atomic mass is 35.5. The van der Waals surface area contributed by atoms with E-state index in [0.29, 0.717) is 125 Å². The number of hydrogen-bond donors (Lipinski definition) is 5. The molecule has 5 N–H and O–H groups in total. The minimum Gasteiger partial charge on any atom is -0.495 e. The lowest BCUT2D eigenvalue weighted by Gasteiger charge is -2.42. The molecule has 29 heteroatoms. The van der Waals surface area contributed by atoms with Gasteiger partial charge in [-0.25, -0.2) is 19.6 Å².